The zero-order valence-corrected chi connectivity index (χ0v) is 9.34. The average molecular weight is 250 g/mol. The van der Waals surface area contributed by atoms with Gasteiger partial charge in [-0.05, 0) is 18.2 Å². The van der Waals surface area contributed by atoms with Gasteiger partial charge in [-0.2, -0.15) is 4.98 Å². The molecule has 1 aromatic carbocycles. The number of hydrogen-bond acceptors (Lipinski definition) is 6. The number of rotatable bonds is 3. The molecule has 94 valence electrons. The van der Waals surface area contributed by atoms with E-state index in [0.29, 0.717) is 0 Å². The molecule has 0 aliphatic rings. The summed E-state index contributed by atoms with van der Waals surface area (Å²) in [5, 5.41) is 26.9. The Kier molecular flexibility index (Phi) is 3.00. The lowest BCUT2D eigenvalue weighted by atomic mass is 10.2. The number of carbonyl (C=O) groups excluding carboxylic acids is 1. The number of H-pyrrole nitrogens is 1. The maximum atomic E-state index is 11.7. The molecule has 0 unspecified atom stereocenters. The molecule has 0 saturated carbocycles. The molecule has 0 aliphatic carbocycles. The molecule has 0 radical (unpaired) electrons. The van der Waals surface area contributed by atoms with Gasteiger partial charge in [-0.3, -0.25) is 10.1 Å². The van der Waals surface area contributed by atoms with Crippen LogP contribution in [-0.4, -0.2) is 38.4 Å². The van der Waals surface area contributed by atoms with Crippen molar-refractivity contribution in [2.75, 3.05) is 12.4 Å². The van der Waals surface area contributed by atoms with Gasteiger partial charge in [0.1, 0.15) is 0 Å². The summed E-state index contributed by atoms with van der Waals surface area (Å²) in [5.74, 6) is -1.07. The predicted molar refractivity (Wildman–Crippen MR) is 60.7 cm³/mol. The Morgan fingerprint density at radius 1 is 1.39 bits per heavy atom. The summed E-state index contributed by atoms with van der Waals surface area (Å²) < 4.78 is 4.74. The molecular formula is C10H10N4O4. The lowest BCUT2D eigenvalue weighted by molar-refractivity contribution is 0.102. The van der Waals surface area contributed by atoms with Gasteiger partial charge in [-0.25, -0.2) is 5.10 Å². The number of nitrogens with zero attached hydrogens (tertiary/aromatic N) is 2. The number of phenolic OH excluding ortho intramolecular Hbond substituents is 2. The zero-order valence-electron chi connectivity index (χ0n) is 9.34. The molecule has 0 saturated heterocycles. The number of amides is 1. The first-order chi connectivity index (χ1) is 8.60. The molecular weight excluding hydrogens is 240 g/mol. The summed E-state index contributed by atoms with van der Waals surface area (Å²) in [4.78, 5) is 15.5. The first kappa shape index (κ1) is 11.7. The average Bonchev–Trinajstić information content (AvgIpc) is 2.80. The van der Waals surface area contributed by atoms with Gasteiger partial charge in [-0.1, -0.05) is 0 Å². The first-order valence-electron chi connectivity index (χ1n) is 4.90. The summed E-state index contributed by atoms with van der Waals surface area (Å²) in [6.45, 7) is 0. The fourth-order valence-electron chi connectivity index (χ4n) is 1.24. The van der Waals surface area contributed by atoms with Crippen LogP contribution in [0.2, 0.25) is 0 Å². The highest BCUT2D eigenvalue weighted by Crippen LogP contribution is 2.25. The van der Waals surface area contributed by atoms with Crippen LogP contribution >= 0.6 is 0 Å². The molecule has 1 amide bonds. The maximum absolute atomic E-state index is 11.7. The van der Waals surface area contributed by atoms with Crippen molar-refractivity contribution in [1.29, 1.82) is 0 Å². The number of aromatic nitrogens is 3. The van der Waals surface area contributed by atoms with Gasteiger partial charge in [-0.15, -0.1) is 5.10 Å². The third-order valence-electron chi connectivity index (χ3n) is 2.12. The van der Waals surface area contributed by atoms with Crippen molar-refractivity contribution in [2.45, 2.75) is 0 Å². The van der Waals surface area contributed by atoms with Crippen LogP contribution in [0.5, 0.6) is 17.5 Å². The standard InChI is InChI=1S/C10H10N4O4/c1-18-10-12-9(13-14-10)11-8(17)5-2-3-6(15)7(16)4-5/h2-4,15-16H,1H3,(H2,11,12,13,14,17). The molecule has 0 bridgehead atoms. The minimum absolute atomic E-state index is 0.0962. The van der Waals surface area contributed by atoms with Gasteiger partial charge in [0.2, 0.25) is 5.95 Å². The summed E-state index contributed by atoms with van der Waals surface area (Å²) >= 11 is 0. The van der Waals surface area contributed by atoms with Crippen LogP contribution < -0.4 is 10.1 Å². The minimum atomic E-state index is -0.510. The molecule has 8 nitrogen and oxygen atoms in total. The Labute approximate surface area is 101 Å². The van der Waals surface area contributed by atoms with Crippen LogP contribution in [0.25, 0.3) is 0 Å². The number of benzene rings is 1. The third-order valence-corrected chi connectivity index (χ3v) is 2.12. The van der Waals surface area contributed by atoms with Crippen LogP contribution in [0.3, 0.4) is 0 Å². The van der Waals surface area contributed by atoms with Crippen molar-refractivity contribution in [3.63, 3.8) is 0 Å². The van der Waals surface area contributed by atoms with Crippen molar-refractivity contribution in [3.05, 3.63) is 23.8 Å². The van der Waals surface area contributed by atoms with E-state index in [0.717, 1.165) is 6.07 Å². The lowest BCUT2D eigenvalue weighted by Gasteiger charge is -2.03. The van der Waals surface area contributed by atoms with Gasteiger partial charge in [0.15, 0.2) is 11.5 Å². The molecule has 1 aromatic heterocycles. The Morgan fingerprint density at radius 3 is 2.78 bits per heavy atom. The van der Waals surface area contributed by atoms with Crippen LogP contribution in [0, 0.1) is 0 Å². The number of phenols is 2. The Morgan fingerprint density at radius 2 is 2.17 bits per heavy atom. The normalized spacial score (nSPS) is 10.1. The highest BCUT2D eigenvalue weighted by molar-refractivity contribution is 6.03. The van der Waals surface area contributed by atoms with Crippen LogP contribution in [0.4, 0.5) is 5.95 Å². The van der Waals surface area contributed by atoms with E-state index >= 15 is 0 Å². The highest BCUT2D eigenvalue weighted by atomic mass is 16.5. The number of methoxy groups -OCH3 is 1. The van der Waals surface area contributed by atoms with E-state index in [9.17, 15) is 9.90 Å². The van der Waals surface area contributed by atoms with Crippen LogP contribution in [-0.2, 0) is 0 Å². The second kappa shape index (κ2) is 4.62. The van der Waals surface area contributed by atoms with Crippen molar-refractivity contribution in [1.82, 2.24) is 15.2 Å². The van der Waals surface area contributed by atoms with Gasteiger partial charge >= 0.3 is 6.01 Å². The van der Waals surface area contributed by atoms with Gasteiger partial charge < -0.3 is 14.9 Å². The SMILES string of the molecule is COc1n[nH]c(NC(=O)c2ccc(O)c(O)c2)n1. The van der Waals surface area contributed by atoms with Crippen molar-refractivity contribution in [2.24, 2.45) is 0 Å². The van der Waals surface area contributed by atoms with E-state index in [4.69, 9.17) is 9.84 Å². The second-order valence-corrected chi connectivity index (χ2v) is 3.33. The number of nitrogens with one attached hydrogen (secondary N) is 2. The summed E-state index contributed by atoms with van der Waals surface area (Å²) in [5.41, 5.74) is 0.167. The molecule has 0 spiro atoms. The number of carbonyl (C=O) groups is 1. The molecule has 18 heavy (non-hydrogen) atoms. The van der Waals surface area contributed by atoms with E-state index in [1.807, 2.05) is 0 Å². The third kappa shape index (κ3) is 2.32. The van der Waals surface area contributed by atoms with Gasteiger partial charge in [0.25, 0.3) is 5.91 Å². The fraction of sp³-hybridized carbons (Fsp3) is 0.100. The number of aromatic amines is 1. The van der Waals surface area contributed by atoms with E-state index in [1.54, 1.807) is 0 Å². The van der Waals surface area contributed by atoms with Gasteiger partial charge in [0, 0.05) is 5.56 Å². The molecule has 4 N–H and O–H groups in total. The van der Waals surface area contributed by atoms with E-state index < -0.39 is 5.91 Å². The fourth-order valence-corrected chi connectivity index (χ4v) is 1.24. The Bertz CT molecular complexity index is 581. The number of aromatic hydroxyl groups is 2. The Hall–Kier alpha value is -2.77. The summed E-state index contributed by atoms with van der Waals surface area (Å²) in [6.07, 6.45) is 0. The summed E-state index contributed by atoms with van der Waals surface area (Å²) in [6, 6.07) is 3.81. The predicted octanol–water partition coefficient (Wildman–Crippen LogP) is 0.477. The highest BCUT2D eigenvalue weighted by Gasteiger charge is 2.11. The van der Waals surface area contributed by atoms with Gasteiger partial charge in [0.05, 0.1) is 7.11 Å². The number of anilines is 1. The summed E-state index contributed by atoms with van der Waals surface area (Å²) in [7, 11) is 1.40. The maximum Gasteiger partial charge on any atom is 0.336 e. The van der Waals surface area contributed by atoms with Crippen molar-refractivity contribution >= 4 is 11.9 Å². The smallest absolute Gasteiger partial charge is 0.336 e. The molecule has 8 heteroatoms. The number of hydrogen-bond donors (Lipinski definition) is 4. The van der Waals surface area contributed by atoms with E-state index in [2.05, 4.69) is 20.5 Å². The molecule has 0 atom stereocenters. The first-order valence-corrected chi connectivity index (χ1v) is 4.90. The van der Waals surface area contributed by atoms with Crippen molar-refractivity contribution < 1.29 is 19.7 Å². The Balaban J connectivity index is 2.14. The van der Waals surface area contributed by atoms with Crippen molar-refractivity contribution in [3.8, 4) is 17.5 Å². The molecule has 0 aliphatic heterocycles. The van der Waals surface area contributed by atoms with Crippen LogP contribution in [0.15, 0.2) is 18.2 Å². The van der Waals surface area contributed by atoms with E-state index in [1.165, 1.54) is 19.2 Å². The largest absolute Gasteiger partial charge is 0.504 e. The van der Waals surface area contributed by atoms with Crippen LogP contribution in [0.1, 0.15) is 10.4 Å². The number of ether oxygens (including phenoxy) is 1. The monoisotopic (exact) mass is 250 g/mol. The molecule has 1 heterocycles. The lowest BCUT2D eigenvalue weighted by Crippen LogP contribution is -2.12. The quantitative estimate of drug-likeness (QED) is 0.588. The molecule has 2 rings (SSSR count). The topological polar surface area (TPSA) is 120 Å². The molecule has 0 fully saturated rings. The second-order valence-electron chi connectivity index (χ2n) is 3.33. The molecule has 2 aromatic rings. The zero-order chi connectivity index (χ0) is 13.1. The van der Waals surface area contributed by atoms with E-state index in [-0.39, 0.29) is 29.0 Å². The minimum Gasteiger partial charge on any atom is -0.504 e.